The maximum atomic E-state index is 12.0. The minimum atomic E-state index is -0.546. The van der Waals surface area contributed by atoms with Crippen LogP contribution in [-0.2, 0) is 4.79 Å². The highest BCUT2D eigenvalue weighted by Crippen LogP contribution is 2.29. The topological polar surface area (TPSA) is 59.9 Å². The van der Waals surface area contributed by atoms with Gasteiger partial charge in [0.25, 0.3) is 0 Å². The summed E-state index contributed by atoms with van der Waals surface area (Å²) in [7, 11) is 0. The molecule has 0 aliphatic heterocycles. The average Bonchev–Trinajstić information content (AvgIpc) is 2.35. The van der Waals surface area contributed by atoms with Crippen LogP contribution >= 0.6 is 15.9 Å². The summed E-state index contributed by atoms with van der Waals surface area (Å²) >= 11 is 3.08. The molecule has 0 atom stereocenters. The zero-order valence-corrected chi connectivity index (χ0v) is 10.1. The lowest BCUT2D eigenvalue weighted by Gasteiger charge is -2.12. The molecule has 0 radical (unpaired) electrons. The van der Waals surface area contributed by atoms with Gasteiger partial charge in [-0.3, -0.25) is 9.59 Å². The Morgan fingerprint density at radius 1 is 1.06 bits per heavy atom. The van der Waals surface area contributed by atoms with Gasteiger partial charge in [0.2, 0.25) is 11.6 Å². The van der Waals surface area contributed by atoms with E-state index >= 15 is 0 Å². The van der Waals surface area contributed by atoms with E-state index in [4.69, 9.17) is 0 Å². The molecule has 4 nitrogen and oxygen atoms in total. The van der Waals surface area contributed by atoms with Crippen molar-refractivity contribution in [1.82, 2.24) is 10.2 Å². The lowest BCUT2D eigenvalue weighted by Crippen LogP contribution is -2.19. The molecule has 0 bridgehead atoms. The summed E-state index contributed by atoms with van der Waals surface area (Å²) < 4.78 is 0.276. The van der Waals surface area contributed by atoms with Gasteiger partial charge < -0.3 is 0 Å². The molecule has 1 aliphatic rings. The summed E-state index contributed by atoms with van der Waals surface area (Å²) in [5.41, 5.74) is 1.50. The predicted molar refractivity (Wildman–Crippen MR) is 65.8 cm³/mol. The van der Waals surface area contributed by atoms with Crippen molar-refractivity contribution in [2.45, 2.75) is 0 Å². The number of ketones is 2. The minimum Gasteiger partial charge on any atom is -0.285 e. The first kappa shape index (κ1) is 10.3. The SMILES string of the molecule is O=C1C(=O)c2c(ccc3ccnnc23)C=C1Br. The number of hydrogen-bond donors (Lipinski definition) is 0. The Kier molecular flexibility index (Phi) is 2.16. The van der Waals surface area contributed by atoms with Crippen molar-refractivity contribution in [3.05, 3.63) is 40.0 Å². The summed E-state index contributed by atoms with van der Waals surface area (Å²) in [6.07, 6.45) is 3.18. The van der Waals surface area contributed by atoms with E-state index in [0.29, 0.717) is 16.6 Å². The van der Waals surface area contributed by atoms with Crippen molar-refractivity contribution in [3.63, 3.8) is 0 Å². The first-order valence-corrected chi connectivity index (χ1v) is 5.68. The Balaban J connectivity index is 2.45. The van der Waals surface area contributed by atoms with Crippen LogP contribution < -0.4 is 0 Å². The highest BCUT2D eigenvalue weighted by Gasteiger charge is 2.28. The van der Waals surface area contributed by atoms with E-state index in [1.54, 1.807) is 24.4 Å². The molecule has 2 aromatic rings. The van der Waals surface area contributed by atoms with E-state index in [-0.39, 0.29) is 4.48 Å². The van der Waals surface area contributed by atoms with Gasteiger partial charge in [-0.1, -0.05) is 12.1 Å². The molecule has 5 heteroatoms. The van der Waals surface area contributed by atoms with E-state index in [1.807, 2.05) is 6.07 Å². The quantitative estimate of drug-likeness (QED) is 0.697. The van der Waals surface area contributed by atoms with Crippen LogP contribution in [0.1, 0.15) is 15.9 Å². The third kappa shape index (κ3) is 1.43. The monoisotopic (exact) mass is 288 g/mol. The number of nitrogens with zero attached hydrogens (tertiary/aromatic N) is 2. The zero-order valence-electron chi connectivity index (χ0n) is 8.48. The fraction of sp³-hybridized carbons (Fsp3) is 0. The second-order valence-electron chi connectivity index (χ2n) is 3.65. The molecule has 1 aliphatic carbocycles. The van der Waals surface area contributed by atoms with E-state index in [1.165, 1.54) is 0 Å². The van der Waals surface area contributed by atoms with Gasteiger partial charge in [0.1, 0.15) is 5.52 Å². The molecule has 0 N–H and O–H groups in total. The Labute approximate surface area is 104 Å². The molecular formula is C12H5BrN2O2. The van der Waals surface area contributed by atoms with Crippen LogP contribution in [0.25, 0.3) is 17.0 Å². The van der Waals surface area contributed by atoms with Crippen molar-refractivity contribution in [2.75, 3.05) is 0 Å². The minimum absolute atomic E-state index is 0.276. The Bertz CT molecular complexity index is 707. The van der Waals surface area contributed by atoms with Crippen molar-refractivity contribution < 1.29 is 9.59 Å². The first-order chi connectivity index (χ1) is 8.18. The molecule has 1 aromatic heterocycles. The molecule has 0 saturated heterocycles. The normalized spacial score (nSPS) is 14.8. The molecule has 0 saturated carbocycles. The number of Topliss-reactive ketones (excluding diaryl/α,β-unsaturated/α-hetero) is 2. The second kappa shape index (κ2) is 3.56. The van der Waals surface area contributed by atoms with Crippen LogP contribution in [0.4, 0.5) is 0 Å². The molecule has 0 amide bonds. The largest absolute Gasteiger partial charge is 0.285 e. The van der Waals surface area contributed by atoms with Gasteiger partial charge in [-0.15, -0.1) is 5.10 Å². The van der Waals surface area contributed by atoms with Crippen LogP contribution in [0.15, 0.2) is 28.9 Å². The Hall–Kier alpha value is -1.88. The summed E-state index contributed by atoms with van der Waals surface area (Å²) in [6, 6.07) is 5.40. The smallest absolute Gasteiger partial charge is 0.240 e. The van der Waals surface area contributed by atoms with Crippen LogP contribution in [0.5, 0.6) is 0 Å². The van der Waals surface area contributed by atoms with Gasteiger partial charge in [0.05, 0.1) is 16.2 Å². The summed E-state index contributed by atoms with van der Waals surface area (Å²) in [5.74, 6) is -1.09. The Morgan fingerprint density at radius 2 is 1.88 bits per heavy atom. The molecule has 1 heterocycles. The summed E-state index contributed by atoms with van der Waals surface area (Å²) in [6.45, 7) is 0. The van der Waals surface area contributed by atoms with E-state index in [0.717, 1.165) is 5.39 Å². The van der Waals surface area contributed by atoms with Crippen molar-refractivity contribution in [3.8, 4) is 0 Å². The van der Waals surface area contributed by atoms with Crippen molar-refractivity contribution in [2.24, 2.45) is 0 Å². The average molecular weight is 289 g/mol. The number of aromatic nitrogens is 2. The van der Waals surface area contributed by atoms with Crippen molar-refractivity contribution >= 4 is 44.5 Å². The molecule has 0 fully saturated rings. The fourth-order valence-electron chi connectivity index (χ4n) is 1.85. The van der Waals surface area contributed by atoms with Gasteiger partial charge in [-0.25, -0.2) is 0 Å². The van der Waals surface area contributed by atoms with Gasteiger partial charge in [-0.2, -0.15) is 5.10 Å². The summed E-state index contributed by atoms with van der Waals surface area (Å²) in [4.78, 5) is 23.6. The third-order valence-corrected chi connectivity index (χ3v) is 3.24. The van der Waals surface area contributed by atoms with Crippen LogP contribution in [0.2, 0.25) is 0 Å². The summed E-state index contributed by atoms with van der Waals surface area (Å²) in [5, 5.41) is 8.49. The molecular weight excluding hydrogens is 284 g/mol. The molecule has 1 aromatic carbocycles. The van der Waals surface area contributed by atoms with Crippen LogP contribution in [0, 0.1) is 0 Å². The number of carbonyl (C=O) groups excluding carboxylic acids is 2. The molecule has 17 heavy (non-hydrogen) atoms. The van der Waals surface area contributed by atoms with E-state index in [2.05, 4.69) is 26.1 Å². The predicted octanol–water partition coefficient (Wildman–Crippen LogP) is 2.13. The fourth-order valence-corrected chi connectivity index (χ4v) is 2.28. The van der Waals surface area contributed by atoms with E-state index < -0.39 is 11.6 Å². The second-order valence-corrected chi connectivity index (χ2v) is 4.50. The number of carbonyl (C=O) groups is 2. The van der Waals surface area contributed by atoms with Gasteiger partial charge in [0.15, 0.2) is 0 Å². The molecule has 82 valence electrons. The number of allylic oxidation sites excluding steroid dienone is 1. The van der Waals surface area contributed by atoms with Crippen LogP contribution in [-0.4, -0.2) is 21.8 Å². The standard InChI is InChI=1S/C12H5BrN2O2/c13-8-5-7-2-1-6-3-4-14-15-10(6)9(7)12(17)11(8)16/h1-5H. The highest BCUT2D eigenvalue weighted by atomic mass is 79.9. The van der Waals surface area contributed by atoms with E-state index in [9.17, 15) is 9.59 Å². The molecule has 0 unspecified atom stereocenters. The molecule has 3 rings (SSSR count). The third-order valence-electron chi connectivity index (χ3n) is 2.65. The molecule has 0 spiro atoms. The maximum Gasteiger partial charge on any atom is 0.240 e. The number of benzene rings is 1. The van der Waals surface area contributed by atoms with Crippen molar-refractivity contribution in [1.29, 1.82) is 0 Å². The first-order valence-electron chi connectivity index (χ1n) is 4.89. The highest BCUT2D eigenvalue weighted by molar-refractivity contribution is 9.12. The maximum absolute atomic E-state index is 12.0. The Morgan fingerprint density at radius 3 is 2.71 bits per heavy atom. The number of hydrogen-bond acceptors (Lipinski definition) is 4. The lowest BCUT2D eigenvalue weighted by atomic mass is 9.93. The van der Waals surface area contributed by atoms with Gasteiger partial charge in [0, 0.05) is 5.39 Å². The number of rotatable bonds is 0. The van der Waals surface area contributed by atoms with Crippen LogP contribution in [0.3, 0.4) is 0 Å². The van der Waals surface area contributed by atoms with Gasteiger partial charge >= 0.3 is 0 Å². The van der Waals surface area contributed by atoms with Gasteiger partial charge in [-0.05, 0) is 33.6 Å². The number of fused-ring (bicyclic) bond motifs is 3. The lowest BCUT2D eigenvalue weighted by molar-refractivity contribution is -0.111. The number of halogens is 1. The zero-order chi connectivity index (χ0) is 12.0.